The maximum Gasteiger partial charge on any atom is 0.224 e. The summed E-state index contributed by atoms with van der Waals surface area (Å²) in [6, 6.07) is 7.96. The first-order valence-electron chi connectivity index (χ1n) is 11.4. The summed E-state index contributed by atoms with van der Waals surface area (Å²) in [5, 5.41) is 14.6. The third-order valence-electron chi connectivity index (χ3n) is 8.01. The number of amides is 1. The number of hydrogen-bond donors (Lipinski definition) is 1. The molecule has 158 valence electrons. The molecule has 1 amide bonds. The number of carboxylic acids is 1. The SMILES string of the molecule is Cc1ccc(C[C@H](C(=O)NCCC23CC4CC(CC(C4)C2)C3)[C@@H](C)C(=O)[O-])cc1. The Morgan fingerprint density at radius 3 is 2.14 bits per heavy atom. The number of hydrogen-bond acceptors (Lipinski definition) is 3. The molecule has 1 N–H and O–H groups in total. The molecule has 4 heteroatoms. The highest BCUT2D eigenvalue weighted by Gasteiger charge is 2.50. The van der Waals surface area contributed by atoms with Gasteiger partial charge in [-0.15, -0.1) is 0 Å². The Morgan fingerprint density at radius 2 is 1.62 bits per heavy atom. The first-order valence-corrected chi connectivity index (χ1v) is 11.4. The van der Waals surface area contributed by atoms with Gasteiger partial charge >= 0.3 is 0 Å². The van der Waals surface area contributed by atoms with Crippen molar-refractivity contribution in [2.45, 2.75) is 65.2 Å². The number of carbonyl (C=O) groups excluding carboxylic acids is 2. The maximum atomic E-state index is 12.9. The van der Waals surface area contributed by atoms with Gasteiger partial charge in [-0.25, -0.2) is 0 Å². The van der Waals surface area contributed by atoms with Crippen molar-refractivity contribution in [3.8, 4) is 0 Å². The van der Waals surface area contributed by atoms with Crippen LogP contribution in [0.3, 0.4) is 0 Å². The van der Waals surface area contributed by atoms with Crippen molar-refractivity contribution in [1.29, 1.82) is 0 Å². The van der Waals surface area contributed by atoms with E-state index in [9.17, 15) is 14.7 Å². The zero-order valence-electron chi connectivity index (χ0n) is 17.8. The van der Waals surface area contributed by atoms with E-state index in [1.807, 2.05) is 31.2 Å². The fourth-order valence-corrected chi connectivity index (χ4v) is 6.82. The fraction of sp³-hybridized carbons (Fsp3) is 0.680. The van der Waals surface area contributed by atoms with E-state index < -0.39 is 17.8 Å². The first-order chi connectivity index (χ1) is 13.8. The monoisotopic (exact) mass is 396 g/mol. The molecule has 0 heterocycles. The van der Waals surface area contributed by atoms with Gasteiger partial charge in [0, 0.05) is 24.3 Å². The van der Waals surface area contributed by atoms with Crippen LogP contribution in [0.2, 0.25) is 0 Å². The quantitative estimate of drug-likeness (QED) is 0.733. The molecule has 0 radical (unpaired) electrons. The lowest BCUT2D eigenvalue weighted by molar-refractivity contribution is -0.312. The molecule has 4 aliphatic carbocycles. The molecule has 29 heavy (non-hydrogen) atoms. The fourth-order valence-electron chi connectivity index (χ4n) is 6.82. The standard InChI is InChI=1S/C25H35NO3/c1-16-3-5-18(6-4-16)12-22(17(2)24(28)29)23(27)26-8-7-25-13-19-9-20(14-25)11-21(10-19)15-25/h3-6,17,19-22H,7-15H2,1-2H3,(H,26,27)(H,28,29)/p-1/t17-,19?,20?,21?,22+,25?/m1/s1. The van der Waals surface area contributed by atoms with Crippen molar-refractivity contribution in [3.05, 3.63) is 35.4 Å². The number of benzene rings is 1. The van der Waals surface area contributed by atoms with Crippen LogP contribution in [-0.2, 0) is 16.0 Å². The molecule has 4 nitrogen and oxygen atoms in total. The topological polar surface area (TPSA) is 69.2 Å². The maximum absolute atomic E-state index is 12.9. The molecular weight excluding hydrogens is 362 g/mol. The van der Waals surface area contributed by atoms with Crippen LogP contribution in [0, 0.1) is 41.9 Å². The third-order valence-corrected chi connectivity index (χ3v) is 8.01. The van der Waals surface area contributed by atoms with E-state index >= 15 is 0 Å². The van der Waals surface area contributed by atoms with E-state index in [1.54, 1.807) is 6.92 Å². The minimum atomic E-state index is -1.15. The lowest BCUT2D eigenvalue weighted by Crippen LogP contribution is -2.48. The van der Waals surface area contributed by atoms with Gasteiger partial charge in [0.2, 0.25) is 5.91 Å². The highest BCUT2D eigenvalue weighted by molar-refractivity contribution is 5.84. The molecule has 2 atom stereocenters. The number of carbonyl (C=O) groups is 2. The smallest absolute Gasteiger partial charge is 0.224 e. The van der Waals surface area contributed by atoms with Crippen LogP contribution in [0.25, 0.3) is 0 Å². The molecule has 0 saturated heterocycles. The van der Waals surface area contributed by atoms with Crippen LogP contribution < -0.4 is 10.4 Å². The minimum absolute atomic E-state index is 0.146. The molecule has 0 aromatic heterocycles. The predicted octanol–water partition coefficient (Wildman–Crippen LogP) is 3.26. The zero-order valence-corrected chi connectivity index (χ0v) is 17.8. The van der Waals surface area contributed by atoms with E-state index in [1.165, 1.54) is 38.5 Å². The van der Waals surface area contributed by atoms with Crippen molar-refractivity contribution >= 4 is 11.9 Å². The van der Waals surface area contributed by atoms with E-state index in [4.69, 9.17) is 0 Å². The molecule has 0 unspecified atom stereocenters. The summed E-state index contributed by atoms with van der Waals surface area (Å²) in [7, 11) is 0. The minimum Gasteiger partial charge on any atom is -0.550 e. The average molecular weight is 397 g/mol. The van der Waals surface area contributed by atoms with Crippen molar-refractivity contribution in [1.82, 2.24) is 5.32 Å². The van der Waals surface area contributed by atoms with Gasteiger partial charge < -0.3 is 15.2 Å². The summed E-state index contributed by atoms with van der Waals surface area (Å²) in [6.45, 7) is 4.27. The van der Waals surface area contributed by atoms with Gasteiger partial charge in [0.25, 0.3) is 0 Å². The largest absolute Gasteiger partial charge is 0.550 e. The van der Waals surface area contributed by atoms with Gasteiger partial charge in [-0.2, -0.15) is 0 Å². The Kier molecular flexibility index (Phi) is 5.72. The second-order valence-corrected chi connectivity index (χ2v) is 10.4. The molecule has 4 saturated carbocycles. The summed E-state index contributed by atoms with van der Waals surface area (Å²) >= 11 is 0. The van der Waals surface area contributed by atoms with Gasteiger partial charge in [-0.05, 0) is 87.0 Å². The summed E-state index contributed by atoms with van der Waals surface area (Å²) in [5.74, 6) is 0.0123. The Hall–Kier alpha value is -1.84. The first kappa shape index (κ1) is 20.4. The van der Waals surface area contributed by atoms with E-state index in [0.29, 0.717) is 18.4 Å². The Morgan fingerprint density at radius 1 is 1.07 bits per heavy atom. The summed E-state index contributed by atoms with van der Waals surface area (Å²) < 4.78 is 0. The van der Waals surface area contributed by atoms with E-state index in [0.717, 1.165) is 35.3 Å². The lowest BCUT2D eigenvalue weighted by Gasteiger charge is -2.57. The Balaban J connectivity index is 1.36. The van der Waals surface area contributed by atoms with Gasteiger partial charge in [-0.1, -0.05) is 36.8 Å². The van der Waals surface area contributed by atoms with Crippen molar-refractivity contribution in [2.24, 2.45) is 35.0 Å². The van der Waals surface area contributed by atoms with Gasteiger partial charge in [-0.3, -0.25) is 4.79 Å². The van der Waals surface area contributed by atoms with Crippen molar-refractivity contribution < 1.29 is 14.7 Å². The van der Waals surface area contributed by atoms with Gasteiger partial charge in [0.1, 0.15) is 0 Å². The zero-order chi connectivity index (χ0) is 20.6. The second kappa shape index (κ2) is 8.12. The molecule has 4 aliphatic rings. The van der Waals surface area contributed by atoms with Crippen LogP contribution in [0.1, 0.15) is 63.0 Å². The average Bonchev–Trinajstić information content (AvgIpc) is 2.65. The van der Waals surface area contributed by atoms with E-state index in [2.05, 4.69) is 5.32 Å². The van der Waals surface area contributed by atoms with Crippen LogP contribution in [0.4, 0.5) is 0 Å². The van der Waals surface area contributed by atoms with Gasteiger partial charge in [0.05, 0.1) is 0 Å². The van der Waals surface area contributed by atoms with Crippen molar-refractivity contribution in [3.63, 3.8) is 0 Å². The second-order valence-electron chi connectivity index (χ2n) is 10.4. The molecule has 1 aromatic rings. The molecule has 4 bridgehead atoms. The van der Waals surface area contributed by atoms with Crippen LogP contribution in [-0.4, -0.2) is 18.4 Å². The summed E-state index contributed by atoms with van der Waals surface area (Å²) in [4.78, 5) is 24.4. The number of aliphatic carboxylic acids is 1. The highest BCUT2D eigenvalue weighted by Crippen LogP contribution is 2.61. The Labute approximate surface area is 174 Å². The van der Waals surface area contributed by atoms with Crippen LogP contribution in [0.5, 0.6) is 0 Å². The molecule has 0 spiro atoms. The summed E-state index contributed by atoms with van der Waals surface area (Å²) in [5.41, 5.74) is 2.57. The lowest BCUT2D eigenvalue weighted by atomic mass is 9.49. The third kappa shape index (κ3) is 4.51. The molecule has 5 rings (SSSR count). The molecular formula is C25H34NO3-. The number of aryl methyl sites for hydroxylation is 1. The normalized spacial score (nSPS) is 32.0. The van der Waals surface area contributed by atoms with Gasteiger partial charge in [0.15, 0.2) is 0 Å². The molecule has 4 fully saturated rings. The number of rotatable bonds is 8. The van der Waals surface area contributed by atoms with Crippen LogP contribution >= 0.6 is 0 Å². The summed E-state index contributed by atoms with van der Waals surface area (Å²) in [6.07, 6.45) is 9.73. The number of nitrogens with one attached hydrogen (secondary N) is 1. The predicted molar refractivity (Wildman–Crippen MR) is 111 cm³/mol. The Bertz CT molecular complexity index is 719. The highest BCUT2D eigenvalue weighted by atomic mass is 16.4. The molecule has 1 aromatic carbocycles. The van der Waals surface area contributed by atoms with Crippen LogP contribution in [0.15, 0.2) is 24.3 Å². The van der Waals surface area contributed by atoms with Crippen molar-refractivity contribution in [2.75, 3.05) is 6.54 Å². The molecule has 0 aliphatic heterocycles. The number of carboxylic acid groups (broad SMARTS) is 1. The van der Waals surface area contributed by atoms with E-state index in [-0.39, 0.29) is 5.91 Å².